The van der Waals surface area contributed by atoms with E-state index < -0.39 is 28.8 Å². The first-order valence-electron chi connectivity index (χ1n) is 7.92. The van der Waals surface area contributed by atoms with Crippen LogP contribution in [0.1, 0.15) is 22.8 Å². The van der Waals surface area contributed by atoms with Crippen molar-refractivity contribution in [3.63, 3.8) is 0 Å². The van der Waals surface area contributed by atoms with Gasteiger partial charge in [-0.15, -0.1) is 0 Å². The van der Waals surface area contributed by atoms with Crippen LogP contribution in [0.2, 0.25) is 0 Å². The highest BCUT2D eigenvalue weighted by atomic mass is 32.2. The minimum Gasteiger partial charge on any atom is -0.495 e. The van der Waals surface area contributed by atoms with E-state index in [1.807, 2.05) is 13.0 Å². The van der Waals surface area contributed by atoms with Crippen molar-refractivity contribution >= 4 is 28.4 Å². The van der Waals surface area contributed by atoms with Crippen LogP contribution in [0.25, 0.3) is 0 Å². The molecule has 0 radical (unpaired) electrons. The molecular formula is C19H21NO5S. The van der Waals surface area contributed by atoms with Crippen LogP contribution in [0.3, 0.4) is 0 Å². The van der Waals surface area contributed by atoms with E-state index in [9.17, 15) is 13.8 Å². The lowest BCUT2D eigenvalue weighted by molar-refractivity contribution is -0.123. The maximum Gasteiger partial charge on any atom is 0.340 e. The lowest BCUT2D eigenvalue weighted by Crippen LogP contribution is -2.30. The molecule has 7 heteroatoms. The summed E-state index contributed by atoms with van der Waals surface area (Å²) in [5.41, 5.74) is 1.63. The van der Waals surface area contributed by atoms with E-state index in [4.69, 9.17) is 9.47 Å². The fourth-order valence-corrected chi connectivity index (χ4v) is 3.05. The molecule has 1 N–H and O–H groups in total. The zero-order valence-corrected chi connectivity index (χ0v) is 15.9. The lowest BCUT2D eigenvalue weighted by Gasteiger charge is -2.16. The number of carbonyl (C=O) groups excluding carboxylic acids is 2. The molecular weight excluding hydrogens is 354 g/mol. The summed E-state index contributed by atoms with van der Waals surface area (Å²) in [4.78, 5) is 25.1. The molecule has 2 aromatic carbocycles. The first-order valence-corrected chi connectivity index (χ1v) is 9.48. The molecule has 2 rings (SSSR count). The molecule has 0 aromatic heterocycles. The Balaban J connectivity index is 2.11. The Bertz CT molecular complexity index is 850. The van der Waals surface area contributed by atoms with E-state index >= 15 is 0 Å². The molecule has 2 atom stereocenters. The van der Waals surface area contributed by atoms with Crippen LogP contribution in [0, 0.1) is 6.92 Å². The van der Waals surface area contributed by atoms with Gasteiger partial charge in [-0.2, -0.15) is 0 Å². The number of carbonyl (C=O) groups is 2. The summed E-state index contributed by atoms with van der Waals surface area (Å²) in [5, 5.41) is 2.70. The Labute approximate surface area is 155 Å². The Hall–Kier alpha value is -2.67. The van der Waals surface area contributed by atoms with Crippen LogP contribution in [0.5, 0.6) is 5.75 Å². The molecule has 138 valence electrons. The normalized spacial score (nSPS) is 12.8. The number of ether oxygens (including phenoxy) is 2. The summed E-state index contributed by atoms with van der Waals surface area (Å²) < 4.78 is 22.2. The van der Waals surface area contributed by atoms with Gasteiger partial charge in [0.05, 0.1) is 34.1 Å². The van der Waals surface area contributed by atoms with Crippen molar-refractivity contribution in [3.05, 3.63) is 53.6 Å². The number of nitrogens with one attached hydrogen (secondary N) is 1. The molecule has 0 fully saturated rings. The number of hydrogen-bond acceptors (Lipinski definition) is 5. The molecule has 0 saturated heterocycles. The van der Waals surface area contributed by atoms with Crippen molar-refractivity contribution < 1.29 is 23.3 Å². The highest BCUT2D eigenvalue weighted by Gasteiger charge is 2.22. The number of benzene rings is 2. The van der Waals surface area contributed by atoms with Gasteiger partial charge >= 0.3 is 5.97 Å². The molecule has 0 spiro atoms. The van der Waals surface area contributed by atoms with E-state index in [-0.39, 0.29) is 5.56 Å². The van der Waals surface area contributed by atoms with Gasteiger partial charge in [0.25, 0.3) is 5.91 Å². The van der Waals surface area contributed by atoms with E-state index in [2.05, 4.69) is 5.32 Å². The molecule has 0 aliphatic rings. The minimum absolute atomic E-state index is 0.182. The Kier molecular flexibility index (Phi) is 6.52. The standard InChI is InChI=1S/C19H21NO5S/c1-12-9-10-16(24-3)15(11-12)20-18(21)13(2)25-19(22)14-7-5-6-8-17(14)26(4)23/h5-11,13H,1-4H3,(H,20,21)/t13-,26+/m1/s1. The predicted molar refractivity (Wildman–Crippen MR) is 100 cm³/mol. The SMILES string of the molecule is COc1ccc(C)cc1NC(=O)[C@@H](C)OC(=O)c1ccccc1[S@](C)=O. The Morgan fingerprint density at radius 2 is 1.85 bits per heavy atom. The third-order valence-corrected chi connectivity index (χ3v) is 4.66. The number of hydrogen-bond donors (Lipinski definition) is 1. The number of esters is 1. The third-order valence-electron chi connectivity index (χ3n) is 3.68. The molecule has 1 amide bonds. The number of methoxy groups -OCH3 is 1. The van der Waals surface area contributed by atoms with Crippen molar-refractivity contribution in [2.45, 2.75) is 24.8 Å². The van der Waals surface area contributed by atoms with Crippen molar-refractivity contribution in [1.29, 1.82) is 0 Å². The quantitative estimate of drug-likeness (QED) is 0.785. The highest BCUT2D eigenvalue weighted by molar-refractivity contribution is 7.84. The van der Waals surface area contributed by atoms with Gasteiger partial charge < -0.3 is 14.8 Å². The van der Waals surface area contributed by atoms with Crippen molar-refractivity contribution in [1.82, 2.24) is 0 Å². The van der Waals surface area contributed by atoms with E-state index in [1.165, 1.54) is 26.4 Å². The van der Waals surface area contributed by atoms with Gasteiger partial charge in [-0.05, 0) is 43.7 Å². The monoisotopic (exact) mass is 375 g/mol. The molecule has 0 heterocycles. The summed E-state index contributed by atoms with van der Waals surface area (Å²) in [5.74, 6) is -0.679. The van der Waals surface area contributed by atoms with E-state index in [0.717, 1.165) is 5.56 Å². The van der Waals surface area contributed by atoms with Crippen LogP contribution in [0.15, 0.2) is 47.4 Å². The van der Waals surface area contributed by atoms with Crippen LogP contribution < -0.4 is 10.1 Å². The van der Waals surface area contributed by atoms with Gasteiger partial charge in [-0.1, -0.05) is 18.2 Å². The highest BCUT2D eigenvalue weighted by Crippen LogP contribution is 2.25. The fraction of sp³-hybridized carbons (Fsp3) is 0.263. The first kappa shape index (κ1) is 19.7. The van der Waals surface area contributed by atoms with E-state index in [1.54, 1.807) is 30.3 Å². The van der Waals surface area contributed by atoms with Gasteiger partial charge in [0.2, 0.25) is 0 Å². The molecule has 6 nitrogen and oxygen atoms in total. The smallest absolute Gasteiger partial charge is 0.340 e. The second-order valence-electron chi connectivity index (χ2n) is 5.69. The van der Waals surface area contributed by atoms with Gasteiger partial charge in [-0.25, -0.2) is 4.79 Å². The fourth-order valence-electron chi connectivity index (χ4n) is 2.32. The largest absolute Gasteiger partial charge is 0.495 e. The third kappa shape index (κ3) is 4.70. The molecule has 2 aromatic rings. The molecule has 0 aliphatic heterocycles. The number of aryl methyl sites for hydroxylation is 1. The molecule has 0 unspecified atom stereocenters. The Morgan fingerprint density at radius 1 is 1.15 bits per heavy atom. The topological polar surface area (TPSA) is 81.7 Å². The summed E-state index contributed by atoms with van der Waals surface area (Å²) in [6.45, 7) is 3.36. The van der Waals surface area contributed by atoms with Crippen LogP contribution in [0.4, 0.5) is 5.69 Å². The lowest BCUT2D eigenvalue weighted by atomic mass is 10.2. The summed E-state index contributed by atoms with van der Waals surface area (Å²) in [6.07, 6.45) is 0.442. The molecule has 0 bridgehead atoms. The first-order chi connectivity index (χ1) is 12.3. The van der Waals surface area contributed by atoms with Gasteiger partial charge in [0.1, 0.15) is 5.75 Å². The molecule has 26 heavy (non-hydrogen) atoms. The van der Waals surface area contributed by atoms with Crippen molar-refractivity contribution in [2.75, 3.05) is 18.7 Å². The average molecular weight is 375 g/mol. The Morgan fingerprint density at radius 3 is 2.50 bits per heavy atom. The summed E-state index contributed by atoms with van der Waals surface area (Å²) in [6, 6.07) is 11.8. The van der Waals surface area contributed by atoms with Crippen LogP contribution >= 0.6 is 0 Å². The van der Waals surface area contributed by atoms with E-state index in [0.29, 0.717) is 16.3 Å². The second-order valence-corrected chi connectivity index (χ2v) is 7.04. The van der Waals surface area contributed by atoms with Crippen LogP contribution in [-0.4, -0.2) is 35.6 Å². The van der Waals surface area contributed by atoms with Crippen molar-refractivity contribution in [2.24, 2.45) is 0 Å². The minimum atomic E-state index is -1.34. The predicted octanol–water partition coefficient (Wildman–Crippen LogP) is 2.93. The maximum absolute atomic E-state index is 12.4. The zero-order chi connectivity index (χ0) is 19.3. The number of rotatable bonds is 6. The summed E-state index contributed by atoms with van der Waals surface area (Å²) >= 11 is 0. The maximum atomic E-state index is 12.4. The van der Waals surface area contributed by atoms with Gasteiger partial charge in [0.15, 0.2) is 6.10 Å². The summed E-state index contributed by atoms with van der Waals surface area (Å²) in [7, 11) is 0.163. The molecule has 0 aliphatic carbocycles. The van der Waals surface area contributed by atoms with Gasteiger partial charge in [0, 0.05) is 6.26 Å². The van der Waals surface area contributed by atoms with Crippen LogP contribution in [-0.2, 0) is 20.3 Å². The number of anilines is 1. The second kappa shape index (κ2) is 8.62. The number of amides is 1. The average Bonchev–Trinajstić information content (AvgIpc) is 2.61. The zero-order valence-electron chi connectivity index (χ0n) is 15.1. The van der Waals surface area contributed by atoms with Crippen molar-refractivity contribution in [3.8, 4) is 5.75 Å². The van der Waals surface area contributed by atoms with Gasteiger partial charge in [-0.3, -0.25) is 9.00 Å². The molecule has 0 saturated carbocycles.